The third kappa shape index (κ3) is 2.90. The lowest BCUT2D eigenvalue weighted by atomic mass is 10.1. The molecule has 7 nitrogen and oxygen atoms in total. The van der Waals surface area contributed by atoms with Crippen molar-refractivity contribution in [3.63, 3.8) is 0 Å². The molecular formula is C19H23N5O2. The molecule has 0 N–H and O–H groups in total. The van der Waals surface area contributed by atoms with E-state index >= 15 is 0 Å². The third-order valence-electron chi connectivity index (χ3n) is 5.61. The number of aromatic nitrogens is 4. The smallest absolute Gasteiger partial charge is 0.267 e. The van der Waals surface area contributed by atoms with Gasteiger partial charge in [0.25, 0.3) is 5.56 Å². The summed E-state index contributed by atoms with van der Waals surface area (Å²) in [5, 5.41) is 4.64. The molecule has 0 amide bonds. The first kappa shape index (κ1) is 15.9. The molecule has 136 valence electrons. The first-order valence-electron chi connectivity index (χ1n) is 9.55. The van der Waals surface area contributed by atoms with Crippen molar-refractivity contribution in [2.24, 2.45) is 0 Å². The van der Waals surface area contributed by atoms with Gasteiger partial charge in [-0.3, -0.25) is 9.78 Å². The second-order valence-electron chi connectivity index (χ2n) is 7.47. The van der Waals surface area contributed by atoms with Gasteiger partial charge in [-0.15, -0.1) is 0 Å². The molecule has 0 aromatic carbocycles. The highest BCUT2D eigenvalue weighted by Gasteiger charge is 2.34. The standard InChI is InChI=1S/C19H23N5O2/c25-17-10-14-12-26-9-5-16(14)22-24(17)11-15-2-1-8-23(15)19-18(13-3-4-13)20-6-7-21-19/h6-7,10,13,15H,1-5,8-9,11-12H2. The summed E-state index contributed by atoms with van der Waals surface area (Å²) in [5.41, 5.74) is 3.02. The molecule has 7 heteroatoms. The van der Waals surface area contributed by atoms with E-state index < -0.39 is 0 Å². The van der Waals surface area contributed by atoms with Crippen LogP contribution in [0.3, 0.4) is 0 Å². The molecule has 2 aliphatic heterocycles. The van der Waals surface area contributed by atoms with E-state index in [0.29, 0.717) is 25.7 Å². The van der Waals surface area contributed by atoms with Crippen LogP contribution in [0.1, 0.15) is 48.6 Å². The van der Waals surface area contributed by atoms with Crippen molar-refractivity contribution in [1.29, 1.82) is 0 Å². The van der Waals surface area contributed by atoms with Gasteiger partial charge in [0.15, 0.2) is 5.82 Å². The maximum atomic E-state index is 12.5. The predicted octanol–water partition coefficient (Wildman–Crippen LogP) is 1.65. The molecule has 1 saturated heterocycles. The van der Waals surface area contributed by atoms with Crippen LogP contribution in [-0.4, -0.2) is 38.9 Å². The summed E-state index contributed by atoms with van der Waals surface area (Å²) < 4.78 is 7.07. The summed E-state index contributed by atoms with van der Waals surface area (Å²) in [7, 11) is 0. The summed E-state index contributed by atoms with van der Waals surface area (Å²) in [5.74, 6) is 1.57. The largest absolute Gasteiger partial charge is 0.376 e. The number of ether oxygens (including phenoxy) is 1. The van der Waals surface area contributed by atoms with E-state index in [-0.39, 0.29) is 11.6 Å². The zero-order chi connectivity index (χ0) is 17.5. The molecule has 3 aliphatic rings. The average Bonchev–Trinajstić information content (AvgIpc) is 3.41. The van der Waals surface area contributed by atoms with Gasteiger partial charge >= 0.3 is 0 Å². The van der Waals surface area contributed by atoms with Crippen LogP contribution in [0.25, 0.3) is 0 Å². The van der Waals surface area contributed by atoms with Crippen LogP contribution in [0.4, 0.5) is 5.82 Å². The van der Waals surface area contributed by atoms with Crippen molar-refractivity contribution in [2.75, 3.05) is 18.1 Å². The number of anilines is 1. The summed E-state index contributed by atoms with van der Waals surface area (Å²) in [6.45, 7) is 2.75. The number of fused-ring (bicyclic) bond motifs is 1. The Kier molecular flexibility index (Phi) is 3.96. The van der Waals surface area contributed by atoms with Gasteiger partial charge in [0.1, 0.15) is 0 Å². The molecule has 1 saturated carbocycles. The van der Waals surface area contributed by atoms with Crippen LogP contribution in [0, 0.1) is 0 Å². The van der Waals surface area contributed by atoms with Gasteiger partial charge in [0.2, 0.25) is 0 Å². The topological polar surface area (TPSA) is 73.1 Å². The lowest BCUT2D eigenvalue weighted by molar-refractivity contribution is 0.108. The Balaban J connectivity index is 1.43. The van der Waals surface area contributed by atoms with Crippen LogP contribution in [0.15, 0.2) is 23.3 Å². The maximum Gasteiger partial charge on any atom is 0.267 e. The Bertz CT molecular complexity index is 876. The Hall–Kier alpha value is -2.28. The molecular weight excluding hydrogens is 330 g/mol. The van der Waals surface area contributed by atoms with Gasteiger partial charge in [0.05, 0.1) is 37.2 Å². The van der Waals surface area contributed by atoms with Crippen LogP contribution < -0.4 is 10.5 Å². The van der Waals surface area contributed by atoms with Crippen molar-refractivity contribution in [2.45, 2.75) is 57.2 Å². The highest BCUT2D eigenvalue weighted by molar-refractivity contribution is 5.48. The minimum atomic E-state index is -0.0392. The van der Waals surface area contributed by atoms with Crippen molar-refractivity contribution in [3.8, 4) is 0 Å². The molecule has 4 heterocycles. The Morgan fingerprint density at radius 1 is 1.19 bits per heavy atom. The third-order valence-corrected chi connectivity index (χ3v) is 5.61. The zero-order valence-electron chi connectivity index (χ0n) is 14.8. The van der Waals surface area contributed by atoms with Gasteiger partial charge < -0.3 is 9.64 Å². The Morgan fingerprint density at radius 3 is 2.96 bits per heavy atom. The normalized spacial score (nSPS) is 22.5. The monoisotopic (exact) mass is 353 g/mol. The summed E-state index contributed by atoms with van der Waals surface area (Å²) in [6.07, 6.45) is 8.92. The van der Waals surface area contributed by atoms with E-state index in [1.54, 1.807) is 23.1 Å². The summed E-state index contributed by atoms with van der Waals surface area (Å²) in [6, 6.07) is 1.94. The summed E-state index contributed by atoms with van der Waals surface area (Å²) >= 11 is 0. The number of hydrogen-bond acceptors (Lipinski definition) is 6. The number of rotatable bonds is 4. The molecule has 1 atom stereocenters. The second-order valence-corrected chi connectivity index (χ2v) is 7.47. The van der Waals surface area contributed by atoms with Gasteiger partial charge in [-0.05, 0) is 25.7 Å². The summed E-state index contributed by atoms with van der Waals surface area (Å²) in [4.78, 5) is 24.1. The van der Waals surface area contributed by atoms with E-state index in [2.05, 4.69) is 20.0 Å². The Morgan fingerprint density at radius 2 is 2.08 bits per heavy atom. The van der Waals surface area contributed by atoms with Crippen LogP contribution >= 0.6 is 0 Å². The zero-order valence-corrected chi connectivity index (χ0v) is 14.8. The van der Waals surface area contributed by atoms with Crippen molar-refractivity contribution in [1.82, 2.24) is 19.7 Å². The van der Waals surface area contributed by atoms with Crippen LogP contribution in [0.5, 0.6) is 0 Å². The lowest BCUT2D eigenvalue weighted by Crippen LogP contribution is -2.39. The molecule has 5 rings (SSSR count). The van der Waals surface area contributed by atoms with E-state index in [1.165, 1.54) is 12.8 Å². The van der Waals surface area contributed by atoms with Crippen molar-refractivity contribution in [3.05, 3.63) is 45.8 Å². The average molecular weight is 353 g/mol. The van der Waals surface area contributed by atoms with Crippen LogP contribution in [-0.2, 0) is 24.3 Å². The van der Waals surface area contributed by atoms with E-state index in [4.69, 9.17) is 4.74 Å². The minimum absolute atomic E-state index is 0.0392. The quantitative estimate of drug-likeness (QED) is 0.832. The number of hydrogen-bond donors (Lipinski definition) is 0. The predicted molar refractivity (Wildman–Crippen MR) is 96.2 cm³/mol. The lowest BCUT2D eigenvalue weighted by Gasteiger charge is -2.27. The molecule has 2 aromatic rings. The van der Waals surface area contributed by atoms with Crippen LogP contribution in [0.2, 0.25) is 0 Å². The molecule has 0 radical (unpaired) electrons. The fraction of sp³-hybridized carbons (Fsp3) is 0.579. The first-order valence-corrected chi connectivity index (χ1v) is 9.55. The molecule has 0 bridgehead atoms. The first-order chi connectivity index (χ1) is 12.8. The molecule has 2 fully saturated rings. The highest BCUT2D eigenvalue weighted by Crippen LogP contribution is 2.43. The second kappa shape index (κ2) is 6.46. The van der Waals surface area contributed by atoms with Crippen molar-refractivity contribution >= 4 is 5.82 Å². The molecule has 2 aromatic heterocycles. The van der Waals surface area contributed by atoms with Crippen molar-refractivity contribution < 1.29 is 4.74 Å². The van der Waals surface area contributed by atoms with E-state index in [0.717, 1.165) is 48.6 Å². The highest BCUT2D eigenvalue weighted by atomic mass is 16.5. The minimum Gasteiger partial charge on any atom is -0.376 e. The molecule has 0 spiro atoms. The van der Waals surface area contributed by atoms with Gasteiger partial charge in [-0.25, -0.2) is 9.67 Å². The van der Waals surface area contributed by atoms with E-state index in [9.17, 15) is 4.79 Å². The van der Waals surface area contributed by atoms with Gasteiger partial charge in [0, 0.05) is 42.9 Å². The molecule has 26 heavy (non-hydrogen) atoms. The number of nitrogens with zero attached hydrogens (tertiary/aromatic N) is 5. The SMILES string of the molecule is O=c1cc2c(nn1CC1CCCN1c1nccnc1C1CC1)CCOC2. The van der Waals surface area contributed by atoms with Gasteiger partial charge in [-0.2, -0.15) is 5.10 Å². The fourth-order valence-corrected chi connectivity index (χ4v) is 4.09. The van der Waals surface area contributed by atoms with E-state index in [1.807, 2.05) is 0 Å². The molecule has 1 aliphatic carbocycles. The fourth-order valence-electron chi connectivity index (χ4n) is 4.09. The van der Waals surface area contributed by atoms with Gasteiger partial charge in [-0.1, -0.05) is 0 Å². The Labute approximate surface area is 152 Å². The maximum absolute atomic E-state index is 12.5. The molecule has 1 unspecified atom stereocenters.